The van der Waals surface area contributed by atoms with Crippen LogP contribution in [0.25, 0.3) is 0 Å². The molecular formula is C9H9ClO4S. The Morgan fingerprint density at radius 1 is 1.40 bits per heavy atom. The maximum atomic E-state index is 11.3. The lowest BCUT2D eigenvalue weighted by Gasteiger charge is -2.06. The van der Waals surface area contributed by atoms with E-state index >= 15 is 0 Å². The van der Waals surface area contributed by atoms with E-state index in [0.717, 1.165) is 12.3 Å². The van der Waals surface area contributed by atoms with Gasteiger partial charge >= 0.3 is 5.97 Å². The second-order valence-corrected chi connectivity index (χ2v) is 5.57. The molecule has 0 unspecified atom stereocenters. The Morgan fingerprint density at radius 2 is 1.93 bits per heavy atom. The van der Waals surface area contributed by atoms with Crippen LogP contribution in [0.3, 0.4) is 0 Å². The van der Waals surface area contributed by atoms with E-state index in [9.17, 15) is 13.2 Å². The summed E-state index contributed by atoms with van der Waals surface area (Å²) in [6, 6.07) is 2.41. The van der Waals surface area contributed by atoms with Crippen molar-refractivity contribution in [2.45, 2.75) is 11.8 Å². The number of carbonyl (C=O) groups is 1. The normalized spacial score (nSPS) is 11.4. The third-order valence-corrected chi connectivity index (χ3v) is 3.45. The average molecular weight is 249 g/mol. The van der Waals surface area contributed by atoms with Crippen molar-refractivity contribution in [2.75, 3.05) is 6.26 Å². The predicted molar refractivity (Wildman–Crippen MR) is 56.3 cm³/mol. The van der Waals surface area contributed by atoms with Crippen LogP contribution in [-0.4, -0.2) is 25.7 Å². The number of carboxylic acids is 1. The zero-order chi connectivity index (χ0) is 11.8. The van der Waals surface area contributed by atoms with Gasteiger partial charge in [-0.1, -0.05) is 11.6 Å². The Hall–Kier alpha value is -1.07. The van der Waals surface area contributed by atoms with Crippen LogP contribution in [0.15, 0.2) is 17.0 Å². The van der Waals surface area contributed by atoms with Gasteiger partial charge in [0.1, 0.15) is 0 Å². The Kier molecular flexibility index (Phi) is 3.06. The number of aryl methyl sites for hydroxylation is 1. The van der Waals surface area contributed by atoms with Crippen LogP contribution in [0.5, 0.6) is 0 Å². The van der Waals surface area contributed by atoms with Gasteiger partial charge in [-0.25, -0.2) is 13.2 Å². The van der Waals surface area contributed by atoms with Crippen molar-refractivity contribution in [2.24, 2.45) is 0 Å². The van der Waals surface area contributed by atoms with E-state index in [0.29, 0.717) is 5.56 Å². The van der Waals surface area contributed by atoms with Gasteiger partial charge in [-0.05, 0) is 24.6 Å². The third kappa shape index (κ3) is 2.49. The molecule has 0 aliphatic carbocycles. The number of hydrogen-bond acceptors (Lipinski definition) is 3. The molecule has 4 nitrogen and oxygen atoms in total. The summed E-state index contributed by atoms with van der Waals surface area (Å²) in [5.74, 6) is -1.25. The van der Waals surface area contributed by atoms with Gasteiger partial charge in [0.25, 0.3) is 0 Å². The van der Waals surface area contributed by atoms with Crippen molar-refractivity contribution in [3.8, 4) is 0 Å². The molecule has 1 rings (SSSR count). The lowest BCUT2D eigenvalue weighted by atomic mass is 10.1. The summed E-state index contributed by atoms with van der Waals surface area (Å²) in [5.41, 5.74) is 0.232. The minimum Gasteiger partial charge on any atom is -0.478 e. The number of sulfone groups is 1. The highest BCUT2D eigenvalue weighted by Crippen LogP contribution is 2.24. The minimum absolute atomic E-state index is 0.00991. The van der Waals surface area contributed by atoms with E-state index in [4.69, 9.17) is 16.7 Å². The van der Waals surface area contributed by atoms with Gasteiger partial charge in [0.2, 0.25) is 0 Å². The lowest BCUT2D eigenvalue weighted by molar-refractivity contribution is 0.0697. The molecule has 1 N–H and O–H groups in total. The minimum atomic E-state index is -3.43. The summed E-state index contributed by atoms with van der Waals surface area (Å²) in [4.78, 5) is 10.7. The van der Waals surface area contributed by atoms with E-state index in [1.807, 2.05) is 0 Å². The first-order chi connectivity index (χ1) is 6.73. The first-order valence-electron chi connectivity index (χ1n) is 3.97. The molecule has 0 spiro atoms. The van der Waals surface area contributed by atoms with Gasteiger partial charge in [-0.2, -0.15) is 0 Å². The molecule has 0 aliphatic rings. The zero-order valence-corrected chi connectivity index (χ0v) is 9.69. The highest BCUT2D eigenvalue weighted by Gasteiger charge is 2.17. The molecule has 0 saturated carbocycles. The molecule has 1 aromatic rings. The SMILES string of the molecule is Cc1cc(Cl)c(C(=O)O)cc1S(C)(=O)=O. The number of carboxylic acid groups (broad SMARTS) is 1. The van der Waals surface area contributed by atoms with Crippen molar-refractivity contribution in [3.05, 3.63) is 28.3 Å². The molecule has 15 heavy (non-hydrogen) atoms. The zero-order valence-electron chi connectivity index (χ0n) is 8.11. The van der Waals surface area contributed by atoms with Crippen molar-refractivity contribution >= 4 is 27.4 Å². The number of hydrogen-bond donors (Lipinski definition) is 1. The Morgan fingerprint density at radius 3 is 2.33 bits per heavy atom. The van der Waals surface area contributed by atoms with Gasteiger partial charge in [-0.15, -0.1) is 0 Å². The maximum Gasteiger partial charge on any atom is 0.337 e. The van der Waals surface area contributed by atoms with Crippen LogP contribution in [0, 0.1) is 6.92 Å². The van der Waals surface area contributed by atoms with Crippen molar-refractivity contribution < 1.29 is 18.3 Å². The topological polar surface area (TPSA) is 71.4 Å². The molecule has 0 fully saturated rings. The van der Waals surface area contributed by atoms with E-state index in [2.05, 4.69) is 0 Å². The second kappa shape index (κ2) is 3.83. The Bertz CT molecular complexity index is 519. The van der Waals surface area contributed by atoms with Gasteiger partial charge in [0.05, 0.1) is 15.5 Å². The highest BCUT2D eigenvalue weighted by molar-refractivity contribution is 7.90. The van der Waals surface area contributed by atoms with Gasteiger partial charge < -0.3 is 5.11 Å². The van der Waals surface area contributed by atoms with Gasteiger partial charge in [-0.3, -0.25) is 0 Å². The number of aromatic carboxylic acids is 1. The van der Waals surface area contributed by atoms with Crippen LogP contribution in [0.2, 0.25) is 5.02 Å². The van der Waals surface area contributed by atoms with Crippen molar-refractivity contribution in [1.29, 1.82) is 0 Å². The fraction of sp³-hybridized carbons (Fsp3) is 0.222. The summed E-state index contributed by atoms with van der Waals surface area (Å²) in [7, 11) is -3.43. The molecule has 1 aromatic carbocycles. The Balaban J connectivity index is 3.58. The van der Waals surface area contributed by atoms with E-state index in [1.165, 1.54) is 6.07 Å². The number of rotatable bonds is 2. The standard InChI is InChI=1S/C9H9ClO4S/c1-5-3-7(10)6(9(11)12)4-8(5)15(2,13)14/h3-4H,1-2H3,(H,11,12). The quantitative estimate of drug-likeness (QED) is 0.866. The fourth-order valence-corrected chi connectivity index (χ4v) is 2.49. The van der Waals surface area contributed by atoms with Gasteiger partial charge in [0, 0.05) is 6.26 Å². The maximum absolute atomic E-state index is 11.3. The fourth-order valence-electron chi connectivity index (χ4n) is 1.22. The summed E-state index contributed by atoms with van der Waals surface area (Å²) in [6.07, 6.45) is 1.02. The molecule has 0 atom stereocenters. The molecule has 82 valence electrons. The smallest absolute Gasteiger partial charge is 0.337 e. The molecule has 0 saturated heterocycles. The molecule has 0 heterocycles. The molecule has 0 bridgehead atoms. The van der Waals surface area contributed by atoms with E-state index in [-0.39, 0.29) is 15.5 Å². The van der Waals surface area contributed by atoms with Crippen LogP contribution in [0.1, 0.15) is 15.9 Å². The monoisotopic (exact) mass is 248 g/mol. The summed E-state index contributed by atoms with van der Waals surface area (Å²) < 4.78 is 22.6. The predicted octanol–water partition coefficient (Wildman–Crippen LogP) is 1.75. The van der Waals surface area contributed by atoms with E-state index in [1.54, 1.807) is 6.92 Å². The Labute approximate surface area is 92.4 Å². The number of halogens is 1. The summed E-state index contributed by atoms with van der Waals surface area (Å²) in [6.45, 7) is 1.56. The lowest BCUT2D eigenvalue weighted by Crippen LogP contribution is -2.05. The molecule has 0 radical (unpaired) electrons. The second-order valence-electron chi connectivity index (χ2n) is 3.17. The molecular weight excluding hydrogens is 240 g/mol. The average Bonchev–Trinajstić information content (AvgIpc) is 2.00. The van der Waals surface area contributed by atoms with Crippen molar-refractivity contribution in [3.63, 3.8) is 0 Å². The third-order valence-electron chi connectivity index (χ3n) is 1.89. The van der Waals surface area contributed by atoms with Crippen LogP contribution >= 0.6 is 11.6 Å². The summed E-state index contributed by atoms with van der Waals surface area (Å²) in [5, 5.41) is 8.80. The van der Waals surface area contributed by atoms with Crippen molar-refractivity contribution in [1.82, 2.24) is 0 Å². The first kappa shape index (κ1) is 12.0. The van der Waals surface area contributed by atoms with Gasteiger partial charge in [0.15, 0.2) is 9.84 Å². The first-order valence-corrected chi connectivity index (χ1v) is 6.24. The van der Waals surface area contributed by atoms with Crippen LogP contribution < -0.4 is 0 Å². The highest BCUT2D eigenvalue weighted by atomic mass is 35.5. The van der Waals surface area contributed by atoms with Crippen LogP contribution in [0.4, 0.5) is 0 Å². The molecule has 6 heteroatoms. The molecule has 0 amide bonds. The largest absolute Gasteiger partial charge is 0.478 e. The summed E-state index contributed by atoms with van der Waals surface area (Å²) >= 11 is 5.67. The van der Waals surface area contributed by atoms with E-state index < -0.39 is 15.8 Å². The number of benzene rings is 1. The van der Waals surface area contributed by atoms with Crippen LogP contribution in [-0.2, 0) is 9.84 Å². The molecule has 0 aliphatic heterocycles. The molecule has 0 aromatic heterocycles.